The zero-order valence-electron chi connectivity index (χ0n) is 12.8. The SMILES string of the molecule is Br.CCCCN(CCC)C1CCc2cccc(O)c2C1. The molecule has 0 aliphatic heterocycles. The molecule has 114 valence electrons. The van der Waals surface area contributed by atoms with Crippen molar-refractivity contribution in [1.29, 1.82) is 0 Å². The van der Waals surface area contributed by atoms with Crippen molar-refractivity contribution in [3.05, 3.63) is 29.3 Å². The minimum Gasteiger partial charge on any atom is -0.508 e. The van der Waals surface area contributed by atoms with E-state index in [2.05, 4.69) is 24.8 Å². The van der Waals surface area contributed by atoms with Crippen LogP contribution < -0.4 is 0 Å². The average molecular weight is 342 g/mol. The summed E-state index contributed by atoms with van der Waals surface area (Å²) >= 11 is 0. The van der Waals surface area contributed by atoms with E-state index in [-0.39, 0.29) is 17.0 Å². The number of nitrogens with zero attached hydrogens (tertiary/aromatic N) is 1. The van der Waals surface area contributed by atoms with E-state index < -0.39 is 0 Å². The van der Waals surface area contributed by atoms with Crippen LogP contribution in [0.1, 0.15) is 50.7 Å². The summed E-state index contributed by atoms with van der Waals surface area (Å²) in [5.41, 5.74) is 2.54. The molecule has 0 bridgehead atoms. The molecule has 0 fully saturated rings. The standard InChI is InChI=1S/C17H27NO.BrH/c1-3-5-12-18(11-4-2)15-10-9-14-7-6-8-17(19)16(14)13-15;/h6-8,15,19H,3-5,9-13H2,1-2H3;1H. The largest absolute Gasteiger partial charge is 0.508 e. The highest BCUT2D eigenvalue weighted by Gasteiger charge is 2.25. The fourth-order valence-corrected chi connectivity index (χ4v) is 3.19. The normalized spacial score (nSPS) is 17.6. The Bertz CT molecular complexity index is 408. The number of benzene rings is 1. The number of aromatic hydroxyl groups is 1. The van der Waals surface area contributed by atoms with Gasteiger partial charge in [-0.05, 0) is 62.4 Å². The highest BCUT2D eigenvalue weighted by molar-refractivity contribution is 8.93. The van der Waals surface area contributed by atoms with Gasteiger partial charge in [-0.25, -0.2) is 0 Å². The second-order valence-electron chi connectivity index (χ2n) is 5.70. The molecule has 0 amide bonds. The van der Waals surface area contributed by atoms with Crippen molar-refractivity contribution in [1.82, 2.24) is 4.90 Å². The number of rotatable bonds is 6. The summed E-state index contributed by atoms with van der Waals surface area (Å²) in [6.45, 7) is 6.91. The van der Waals surface area contributed by atoms with Gasteiger partial charge in [0, 0.05) is 6.04 Å². The maximum Gasteiger partial charge on any atom is 0.119 e. The molecule has 0 aromatic heterocycles. The van der Waals surface area contributed by atoms with Gasteiger partial charge in [0.2, 0.25) is 0 Å². The number of hydrogen-bond donors (Lipinski definition) is 1. The zero-order chi connectivity index (χ0) is 13.7. The van der Waals surface area contributed by atoms with Crippen LogP contribution in [-0.2, 0) is 12.8 Å². The third-order valence-corrected chi connectivity index (χ3v) is 4.26. The summed E-state index contributed by atoms with van der Waals surface area (Å²) in [7, 11) is 0. The maximum absolute atomic E-state index is 10.0. The number of aryl methyl sites for hydroxylation is 1. The van der Waals surface area contributed by atoms with Crippen LogP contribution in [0.25, 0.3) is 0 Å². The molecular weight excluding hydrogens is 314 g/mol. The summed E-state index contributed by atoms with van der Waals surface area (Å²) in [6, 6.07) is 6.58. The molecule has 1 N–H and O–H groups in total. The summed E-state index contributed by atoms with van der Waals surface area (Å²) in [5, 5.41) is 10.0. The Kier molecular flexibility index (Phi) is 7.60. The van der Waals surface area contributed by atoms with Crippen LogP contribution in [0.5, 0.6) is 5.75 Å². The van der Waals surface area contributed by atoms with Crippen LogP contribution >= 0.6 is 17.0 Å². The first-order valence-corrected chi connectivity index (χ1v) is 7.80. The van der Waals surface area contributed by atoms with Gasteiger partial charge in [0.25, 0.3) is 0 Å². The molecule has 0 radical (unpaired) electrons. The molecule has 1 aromatic carbocycles. The highest BCUT2D eigenvalue weighted by atomic mass is 79.9. The number of hydrogen-bond acceptors (Lipinski definition) is 2. The van der Waals surface area contributed by atoms with Gasteiger partial charge in [-0.1, -0.05) is 32.4 Å². The maximum atomic E-state index is 10.0. The number of fused-ring (bicyclic) bond motifs is 1. The third kappa shape index (κ3) is 4.23. The van der Waals surface area contributed by atoms with Crippen LogP contribution in [0.15, 0.2) is 18.2 Å². The van der Waals surface area contributed by atoms with E-state index in [0.717, 1.165) is 12.8 Å². The lowest BCUT2D eigenvalue weighted by molar-refractivity contribution is 0.176. The minimum atomic E-state index is 0. The molecule has 1 aliphatic carbocycles. The smallest absolute Gasteiger partial charge is 0.119 e. The molecule has 0 heterocycles. The first-order valence-electron chi connectivity index (χ1n) is 7.80. The number of unbranched alkanes of at least 4 members (excludes halogenated alkanes) is 1. The molecular formula is C17H28BrNO. The van der Waals surface area contributed by atoms with Crippen molar-refractivity contribution < 1.29 is 5.11 Å². The van der Waals surface area contributed by atoms with Crippen molar-refractivity contribution in [3.8, 4) is 5.75 Å². The Morgan fingerprint density at radius 2 is 2.00 bits per heavy atom. The van der Waals surface area contributed by atoms with E-state index in [1.54, 1.807) is 0 Å². The minimum absolute atomic E-state index is 0. The third-order valence-electron chi connectivity index (χ3n) is 4.26. The second-order valence-corrected chi connectivity index (χ2v) is 5.70. The molecule has 0 saturated carbocycles. The molecule has 0 saturated heterocycles. The Hall–Kier alpha value is -0.540. The molecule has 1 aliphatic rings. The van der Waals surface area contributed by atoms with Crippen molar-refractivity contribution in [2.75, 3.05) is 13.1 Å². The molecule has 0 spiro atoms. The summed E-state index contributed by atoms with van der Waals surface area (Å²) in [5.74, 6) is 0.495. The lowest BCUT2D eigenvalue weighted by atomic mass is 9.86. The number of phenolic OH excluding ortho intramolecular Hbond substituents is 1. The molecule has 1 aromatic rings. The monoisotopic (exact) mass is 341 g/mol. The van der Waals surface area contributed by atoms with Crippen LogP contribution in [0.4, 0.5) is 0 Å². The first-order chi connectivity index (χ1) is 9.26. The molecule has 3 heteroatoms. The van der Waals surface area contributed by atoms with Gasteiger partial charge >= 0.3 is 0 Å². The topological polar surface area (TPSA) is 23.5 Å². The van der Waals surface area contributed by atoms with E-state index in [4.69, 9.17) is 0 Å². The fraction of sp³-hybridized carbons (Fsp3) is 0.647. The molecule has 2 nitrogen and oxygen atoms in total. The predicted octanol–water partition coefficient (Wildman–Crippen LogP) is 4.34. The van der Waals surface area contributed by atoms with Crippen LogP contribution in [0, 0.1) is 0 Å². The fourth-order valence-electron chi connectivity index (χ4n) is 3.19. The van der Waals surface area contributed by atoms with Crippen LogP contribution in [0.3, 0.4) is 0 Å². The van der Waals surface area contributed by atoms with E-state index in [1.165, 1.54) is 49.9 Å². The van der Waals surface area contributed by atoms with E-state index in [9.17, 15) is 5.11 Å². The van der Waals surface area contributed by atoms with Crippen LogP contribution in [0.2, 0.25) is 0 Å². The van der Waals surface area contributed by atoms with Gasteiger partial charge in [0.1, 0.15) is 5.75 Å². The second kappa shape index (κ2) is 8.68. The molecule has 1 atom stereocenters. The van der Waals surface area contributed by atoms with E-state index in [1.807, 2.05) is 12.1 Å². The van der Waals surface area contributed by atoms with Crippen molar-refractivity contribution in [2.45, 2.75) is 58.4 Å². The van der Waals surface area contributed by atoms with Gasteiger partial charge < -0.3 is 10.0 Å². The Morgan fingerprint density at radius 3 is 2.70 bits per heavy atom. The zero-order valence-corrected chi connectivity index (χ0v) is 14.5. The summed E-state index contributed by atoms with van der Waals surface area (Å²) < 4.78 is 0. The molecule has 20 heavy (non-hydrogen) atoms. The van der Waals surface area contributed by atoms with Gasteiger partial charge in [-0.3, -0.25) is 0 Å². The van der Waals surface area contributed by atoms with Crippen molar-refractivity contribution in [2.24, 2.45) is 0 Å². The van der Waals surface area contributed by atoms with E-state index >= 15 is 0 Å². The molecule has 2 rings (SSSR count). The van der Waals surface area contributed by atoms with Gasteiger partial charge in [-0.15, -0.1) is 17.0 Å². The van der Waals surface area contributed by atoms with Crippen molar-refractivity contribution in [3.63, 3.8) is 0 Å². The average Bonchev–Trinajstić information content (AvgIpc) is 2.44. The summed E-state index contributed by atoms with van der Waals surface area (Å²) in [4.78, 5) is 2.64. The quantitative estimate of drug-likeness (QED) is 0.831. The van der Waals surface area contributed by atoms with Gasteiger partial charge in [0.15, 0.2) is 0 Å². The van der Waals surface area contributed by atoms with Gasteiger partial charge in [-0.2, -0.15) is 0 Å². The summed E-state index contributed by atoms with van der Waals surface area (Å²) in [6.07, 6.45) is 7.12. The highest BCUT2D eigenvalue weighted by Crippen LogP contribution is 2.30. The first kappa shape index (κ1) is 17.5. The van der Waals surface area contributed by atoms with Crippen LogP contribution in [-0.4, -0.2) is 29.1 Å². The number of halogens is 1. The Balaban J connectivity index is 0.00000200. The van der Waals surface area contributed by atoms with Gasteiger partial charge in [0.05, 0.1) is 0 Å². The molecule has 1 unspecified atom stereocenters. The Morgan fingerprint density at radius 1 is 1.20 bits per heavy atom. The lowest BCUT2D eigenvalue weighted by Crippen LogP contribution is -2.40. The lowest BCUT2D eigenvalue weighted by Gasteiger charge is -2.35. The van der Waals surface area contributed by atoms with E-state index in [0.29, 0.717) is 11.8 Å². The predicted molar refractivity (Wildman–Crippen MR) is 91.0 cm³/mol. The van der Waals surface area contributed by atoms with Crippen molar-refractivity contribution >= 4 is 17.0 Å². The number of phenols is 1. The Labute approximate surface area is 134 Å².